The quantitative estimate of drug-likeness (QED) is 0.773. The molecule has 2 aromatic rings. The van der Waals surface area contributed by atoms with Gasteiger partial charge in [0.2, 0.25) is 0 Å². The minimum Gasteiger partial charge on any atom is -0.382 e. The SMILES string of the molecule is N#Cc1cnn(-c2c(Cl)cc(C(F)(F)F)cc2Cl)c1N.[Na+]. The Kier molecular flexibility index (Phi) is 5.58. The van der Waals surface area contributed by atoms with Gasteiger partial charge in [-0.25, -0.2) is 4.68 Å². The number of hydrogen-bond acceptors (Lipinski definition) is 3. The first-order valence-electron chi connectivity index (χ1n) is 5.06. The van der Waals surface area contributed by atoms with Crippen LogP contribution < -0.4 is 35.3 Å². The molecule has 0 atom stereocenters. The third-order valence-electron chi connectivity index (χ3n) is 2.48. The molecular formula is C11H5Cl2F3N4Na+. The molecule has 0 amide bonds. The smallest absolute Gasteiger partial charge is 0.382 e. The average molecular weight is 344 g/mol. The third kappa shape index (κ3) is 3.47. The van der Waals surface area contributed by atoms with Crippen LogP contribution in [0.15, 0.2) is 18.3 Å². The van der Waals surface area contributed by atoms with E-state index in [9.17, 15) is 13.2 Å². The van der Waals surface area contributed by atoms with Gasteiger partial charge < -0.3 is 5.73 Å². The fourth-order valence-corrected chi connectivity index (χ4v) is 2.20. The zero-order chi connectivity index (χ0) is 15.1. The van der Waals surface area contributed by atoms with Gasteiger partial charge in [-0.05, 0) is 12.1 Å². The number of nitrogens with zero attached hydrogens (tertiary/aromatic N) is 3. The van der Waals surface area contributed by atoms with E-state index in [1.165, 1.54) is 6.20 Å². The van der Waals surface area contributed by atoms with Crippen LogP contribution >= 0.6 is 23.2 Å². The molecule has 4 nitrogen and oxygen atoms in total. The van der Waals surface area contributed by atoms with Crippen molar-refractivity contribution in [2.75, 3.05) is 5.73 Å². The number of alkyl halides is 3. The average Bonchev–Trinajstić information content (AvgIpc) is 2.69. The maximum Gasteiger partial charge on any atom is 1.00 e. The van der Waals surface area contributed by atoms with E-state index in [0.717, 1.165) is 16.8 Å². The molecule has 10 heteroatoms. The Morgan fingerprint density at radius 1 is 1.24 bits per heavy atom. The molecule has 0 unspecified atom stereocenters. The fourth-order valence-electron chi connectivity index (χ4n) is 1.55. The van der Waals surface area contributed by atoms with Gasteiger partial charge >= 0.3 is 35.7 Å². The van der Waals surface area contributed by atoms with Crippen molar-refractivity contribution in [1.82, 2.24) is 9.78 Å². The zero-order valence-corrected chi connectivity index (χ0v) is 14.1. The van der Waals surface area contributed by atoms with Gasteiger partial charge in [0.1, 0.15) is 23.1 Å². The van der Waals surface area contributed by atoms with Crippen LogP contribution in [-0.2, 0) is 6.18 Å². The van der Waals surface area contributed by atoms with Gasteiger partial charge in [-0.1, -0.05) is 23.2 Å². The molecule has 0 radical (unpaired) electrons. The van der Waals surface area contributed by atoms with Gasteiger partial charge in [0.05, 0.1) is 21.8 Å². The Hall–Kier alpha value is -0.910. The molecule has 1 aromatic heterocycles. The molecule has 2 rings (SSSR count). The number of hydrogen-bond donors (Lipinski definition) is 1. The van der Waals surface area contributed by atoms with E-state index < -0.39 is 11.7 Å². The van der Waals surface area contributed by atoms with Crippen LogP contribution in [0.3, 0.4) is 0 Å². The molecule has 2 N–H and O–H groups in total. The first kappa shape index (κ1) is 18.1. The van der Waals surface area contributed by atoms with Gasteiger partial charge in [-0.15, -0.1) is 0 Å². The summed E-state index contributed by atoms with van der Waals surface area (Å²) in [4.78, 5) is 0. The first-order chi connectivity index (χ1) is 9.25. The summed E-state index contributed by atoms with van der Waals surface area (Å²) in [5.41, 5.74) is 4.72. The molecule has 0 bridgehead atoms. The molecular weight excluding hydrogens is 339 g/mol. The Labute approximate surface area is 149 Å². The maximum atomic E-state index is 12.6. The van der Waals surface area contributed by atoms with E-state index in [-0.39, 0.29) is 56.7 Å². The number of nitriles is 1. The van der Waals surface area contributed by atoms with Crippen molar-refractivity contribution in [2.45, 2.75) is 6.18 Å². The van der Waals surface area contributed by atoms with Crippen molar-refractivity contribution in [3.63, 3.8) is 0 Å². The Morgan fingerprint density at radius 2 is 1.76 bits per heavy atom. The van der Waals surface area contributed by atoms with E-state index in [0.29, 0.717) is 0 Å². The van der Waals surface area contributed by atoms with Crippen molar-refractivity contribution >= 4 is 29.0 Å². The minimum absolute atomic E-state index is 0. The van der Waals surface area contributed by atoms with Crippen LogP contribution in [0.1, 0.15) is 11.1 Å². The molecule has 21 heavy (non-hydrogen) atoms. The number of halogens is 5. The van der Waals surface area contributed by atoms with Crippen LogP contribution in [0.5, 0.6) is 0 Å². The van der Waals surface area contributed by atoms with E-state index in [4.69, 9.17) is 34.2 Å². The summed E-state index contributed by atoms with van der Waals surface area (Å²) in [6, 6.07) is 3.22. The summed E-state index contributed by atoms with van der Waals surface area (Å²) in [6.07, 6.45) is -3.40. The molecule has 0 aliphatic rings. The van der Waals surface area contributed by atoms with E-state index in [1.807, 2.05) is 0 Å². The topological polar surface area (TPSA) is 67.6 Å². The number of rotatable bonds is 1. The number of nitrogen functional groups attached to an aromatic ring is 1. The Bertz CT molecular complexity index is 698. The summed E-state index contributed by atoms with van der Waals surface area (Å²) in [5, 5.41) is 12.0. The van der Waals surface area contributed by atoms with Crippen molar-refractivity contribution < 1.29 is 42.7 Å². The second-order valence-corrected chi connectivity index (χ2v) is 4.57. The van der Waals surface area contributed by atoms with Crippen LogP contribution in [-0.4, -0.2) is 9.78 Å². The summed E-state index contributed by atoms with van der Waals surface area (Å²) in [6.45, 7) is 0. The van der Waals surface area contributed by atoms with Crippen molar-refractivity contribution in [1.29, 1.82) is 5.26 Å². The first-order valence-corrected chi connectivity index (χ1v) is 5.81. The maximum absolute atomic E-state index is 12.6. The standard InChI is InChI=1S/C11H5Cl2F3N4.Na/c12-7-1-6(11(14,15)16)2-8(13)9(7)20-10(18)5(3-17)4-19-20;/h1-2,4H,18H2;/q;+1. The predicted molar refractivity (Wildman–Crippen MR) is 67.7 cm³/mol. The van der Waals surface area contributed by atoms with E-state index in [1.54, 1.807) is 6.07 Å². The van der Waals surface area contributed by atoms with Gasteiger partial charge in [-0.3, -0.25) is 0 Å². The predicted octanol–water partition coefficient (Wildman–Crippen LogP) is 0.656. The van der Waals surface area contributed by atoms with Crippen LogP contribution in [0.2, 0.25) is 10.0 Å². The fraction of sp³-hybridized carbons (Fsp3) is 0.0909. The summed E-state index contributed by atoms with van der Waals surface area (Å²) >= 11 is 11.6. The molecule has 104 valence electrons. The second-order valence-electron chi connectivity index (χ2n) is 3.75. The van der Waals surface area contributed by atoms with Gasteiger partial charge in [0.15, 0.2) is 0 Å². The van der Waals surface area contributed by atoms with Gasteiger partial charge in [0, 0.05) is 0 Å². The Balaban J connectivity index is 0.00000220. The monoisotopic (exact) mass is 343 g/mol. The van der Waals surface area contributed by atoms with E-state index >= 15 is 0 Å². The van der Waals surface area contributed by atoms with Gasteiger partial charge in [-0.2, -0.15) is 23.5 Å². The third-order valence-corrected chi connectivity index (χ3v) is 3.06. The van der Waals surface area contributed by atoms with Crippen LogP contribution in [0, 0.1) is 11.3 Å². The summed E-state index contributed by atoms with van der Waals surface area (Å²) < 4.78 is 38.9. The summed E-state index contributed by atoms with van der Waals surface area (Å²) in [7, 11) is 0. The molecule has 0 spiro atoms. The molecule has 0 saturated heterocycles. The van der Waals surface area contributed by atoms with Crippen molar-refractivity contribution in [3.05, 3.63) is 39.5 Å². The van der Waals surface area contributed by atoms with Gasteiger partial charge in [0.25, 0.3) is 0 Å². The number of aromatic nitrogens is 2. The molecule has 0 aliphatic carbocycles. The molecule has 1 aromatic carbocycles. The Morgan fingerprint density at radius 3 is 2.14 bits per heavy atom. The minimum atomic E-state index is -4.57. The number of nitrogens with two attached hydrogens (primary N) is 1. The zero-order valence-electron chi connectivity index (χ0n) is 10.5. The van der Waals surface area contributed by atoms with Crippen molar-refractivity contribution in [3.8, 4) is 11.8 Å². The van der Waals surface area contributed by atoms with Crippen LogP contribution in [0.25, 0.3) is 5.69 Å². The normalized spacial score (nSPS) is 10.9. The molecule has 0 fully saturated rings. The number of benzene rings is 1. The number of anilines is 1. The van der Waals surface area contributed by atoms with E-state index in [2.05, 4.69) is 5.10 Å². The summed E-state index contributed by atoms with van der Waals surface area (Å²) in [5.74, 6) is -0.0592. The van der Waals surface area contributed by atoms with Crippen molar-refractivity contribution in [2.24, 2.45) is 0 Å². The largest absolute Gasteiger partial charge is 1.00 e. The molecule has 0 aliphatic heterocycles. The van der Waals surface area contributed by atoms with Crippen LogP contribution in [0.4, 0.5) is 19.0 Å². The molecule has 1 heterocycles. The molecule has 0 saturated carbocycles. The second kappa shape index (κ2) is 6.46.